The van der Waals surface area contributed by atoms with Crippen molar-refractivity contribution >= 4 is 41.4 Å². The highest BCUT2D eigenvalue weighted by molar-refractivity contribution is 5.96. The molecule has 16 nitrogen and oxygen atoms in total. The zero-order valence-electron chi connectivity index (χ0n) is 32.0. The summed E-state index contributed by atoms with van der Waals surface area (Å²) in [4.78, 5) is 91.7. The van der Waals surface area contributed by atoms with Crippen LogP contribution in [0.25, 0.3) is 0 Å². The SMILES string of the molecule is COC(=O)C(NC(=O)[C@@](NC(=O)C1CCCC1)(C(C)C)C(O)C(Cc1ccccc1)NC(=O)[C@H](C)NC(=O)[C@H](C)NC(=O)[C@H](CO)NC(C)=O)C(C)C. The Balaban J connectivity index is 2.49. The predicted molar refractivity (Wildman–Crippen MR) is 194 cm³/mol. The molecule has 1 aliphatic rings. The quantitative estimate of drug-likeness (QED) is 0.0852. The molecule has 2 rings (SSSR count). The smallest absolute Gasteiger partial charge is 0.328 e. The van der Waals surface area contributed by atoms with Gasteiger partial charge >= 0.3 is 5.97 Å². The molecule has 0 heterocycles. The first-order valence-corrected chi connectivity index (χ1v) is 18.1. The summed E-state index contributed by atoms with van der Waals surface area (Å²) in [6.07, 6.45) is 1.08. The number of nitrogens with one attached hydrogen (secondary N) is 6. The van der Waals surface area contributed by atoms with E-state index in [4.69, 9.17) is 4.74 Å². The number of aliphatic hydroxyl groups excluding tert-OH is 2. The van der Waals surface area contributed by atoms with Crippen LogP contribution >= 0.6 is 0 Å². The van der Waals surface area contributed by atoms with Crippen LogP contribution in [0.2, 0.25) is 0 Å². The highest BCUT2D eigenvalue weighted by Gasteiger charge is 2.54. The Morgan fingerprint density at radius 2 is 1.36 bits per heavy atom. The fourth-order valence-electron chi connectivity index (χ4n) is 6.35. The van der Waals surface area contributed by atoms with E-state index in [1.165, 1.54) is 27.9 Å². The average molecular weight is 747 g/mol. The number of amides is 6. The summed E-state index contributed by atoms with van der Waals surface area (Å²) in [5.74, 6) is -6.48. The van der Waals surface area contributed by atoms with Gasteiger partial charge in [-0.2, -0.15) is 0 Å². The van der Waals surface area contributed by atoms with Crippen molar-refractivity contribution in [2.45, 2.75) is 122 Å². The molecule has 296 valence electrons. The van der Waals surface area contributed by atoms with E-state index in [1.807, 2.05) is 0 Å². The normalized spacial score (nSPS) is 17.6. The van der Waals surface area contributed by atoms with Gasteiger partial charge in [0.05, 0.1) is 19.8 Å². The molecule has 53 heavy (non-hydrogen) atoms. The number of esters is 1. The largest absolute Gasteiger partial charge is 0.467 e. The Morgan fingerprint density at radius 1 is 0.811 bits per heavy atom. The molecule has 7 atom stereocenters. The minimum Gasteiger partial charge on any atom is -0.467 e. The summed E-state index contributed by atoms with van der Waals surface area (Å²) in [6.45, 7) is 9.91. The lowest BCUT2D eigenvalue weighted by Crippen LogP contribution is -2.74. The van der Waals surface area contributed by atoms with Gasteiger partial charge in [-0.1, -0.05) is 70.9 Å². The van der Waals surface area contributed by atoms with Crippen LogP contribution in [0.3, 0.4) is 0 Å². The molecule has 1 fully saturated rings. The van der Waals surface area contributed by atoms with E-state index >= 15 is 0 Å². The first-order chi connectivity index (χ1) is 24.9. The summed E-state index contributed by atoms with van der Waals surface area (Å²) in [5.41, 5.74) is -1.38. The van der Waals surface area contributed by atoms with E-state index < -0.39 is 108 Å². The Morgan fingerprint density at radius 3 is 1.85 bits per heavy atom. The van der Waals surface area contributed by atoms with Crippen molar-refractivity contribution in [3.63, 3.8) is 0 Å². The summed E-state index contributed by atoms with van der Waals surface area (Å²) in [7, 11) is 1.19. The van der Waals surface area contributed by atoms with Crippen molar-refractivity contribution in [2.24, 2.45) is 17.8 Å². The third kappa shape index (κ3) is 12.2. The van der Waals surface area contributed by atoms with E-state index in [-0.39, 0.29) is 6.42 Å². The zero-order chi connectivity index (χ0) is 40.0. The molecule has 0 aliphatic heterocycles. The highest BCUT2D eigenvalue weighted by atomic mass is 16.5. The molecule has 1 saturated carbocycles. The molecule has 1 aromatic carbocycles. The van der Waals surface area contributed by atoms with Crippen molar-refractivity contribution in [1.82, 2.24) is 31.9 Å². The second-order valence-corrected chi connectivity index (χ2v) is 14.4. The second-order valence-electron chi connectivity index (χ2n) is 14.4. The van der Waals surface area contributed by atoms with Crippen LogP contribution in [0.5, 0.6) is 0 Å². The molecule has 0 aromatic heterocycles. The number of methoxy groups -OCH3 is 1. The van der Waals surface area contributed by atoms with Crippen LogP contribution in [0.4, 0.5) is 0 Å². The Labute approximate surface area is 311 Å². The Bertz CT molecular complexity index is 1430. The van der Waals surface area contributed by atoms with E-state index in [9.17, 15) is 43.8 Å². The van der Waals surface area contributed by atoms with Crippen molar-refractivity contribution in [2.75, 3.05) is 13.7 Å². The molecule has 1 aliphatic carbocycles. The van der Waals surface area contributed by atoms with Gasteiger partial charge in [-0.25, -0.2) is 4.79 Å². The molecule has 0 saturated heterocycles. The number of carbonyl (C=O) groups is 7. The Hall–Kier alpha value is -4.57. The molecule has 1 aromatic rings. The lowest BCUT2D eigenvalue weighted by atomic mass is 9.75. The number of benzene rings is 1. The lowest BCUT2D eigenvalue weighted by molar-refractivity contribution is -0.152. The van der Waals surface area contributed by atoms with E-state index in [0.29, 0.717) is 18.4 Å². The predicted octanol–water partition coefficient (Wildman–Crippen LogP) is -0.404. The Kier molecular flexibility index (Phi) is 17.3. The number of ether oxygens (including phenoxy) is 1. The van der Waals surface area contributed by atoms with Crippen LogP contribution < -0.4 is 31.9 Å². The summed E-state index contributed by atoms with van der Waals surface area (Å²) >= 11 is 0. The van der Waals surface area contributed by atoms with E-state index in [0.717, 1.165) is 12.8 Å². The third-order valence-corrected chi connectivity index (χ3v) is 9.61. The maximum absolute atomic E-state index is 14.5. The fraction of sp³-hybridized carbons (Fsp3) is 0.649. The molecular weight excluding hydrogens is 688 g/mol. The summed E-state index contributed by atoms with van der Waals surface area (Å²) in [6, 6.07) is 2.81. The number of rotatable bonds is 19. The number of aliphatic hydroxyl groups is 2. The van der Waals surface area contributed by atoms with Gasteiger partial charge in [0.2, 0.25) is 35.4 Å². The summed E-state index contributed by atoms with van der Waals surface area (Å²) < 4.78 is 4.93. The molecule has 0 bridgehead atoms. The fourth-order valence-corrected chi connectivity index (χ4v) is 6.35. The van der Waals surface area contributed by atoms with Gasteiger partial charge in [0.25, 0.3) is 0 Å². The number of hydrogen-bond donors (Lipinski definition) is 8. The van der Waals surface area contributed by atoms with Crippen molar-refractivity contribution in [3.8, 4) is 0 Å². The van der Waals surface area contributed by atoms with Crippen molar-refractivity contribution in [1.29, 1.82) is 0 Å². The van der Waals surface area contributed by atoms with Gasteiger partial charge in [0.15, 0.2) is 0 Å². The maximum atomic E-state index is 14.5. The molecule has 0 spiro atoms. The van der Waals surface area contributed by atoms with Gasteiger partial charge < -0.3 is 46.9 Å². The van der Waals surface area contributed by atoms with Gasteiger partial charge in [-0.05, 0) is 50.5 Å². The zero-order valence-corrected chi connectivity index (χ0v) is 32.0. The third-order valence-electron chi connectivity index (χ3n) is 9.61. The van der Waals surface area contributed by atoms with Crippen LogP contribution in [-0.2, 0) is 44.7 Å². The van der Waals surface area contributed by atoms with Gasteiger partial charge in [-0.3, -0.25) is 28.8 Å². The molecule has 0 radical (unpaired) electrons. The minimum atomic E-state index is -2.06. The van der Waals surface area contributed by atoms with Crippen LogP contribution in [-0.4, -0.2) is 107 Å². The first kappa shape index (κ1) is 44.6. The van der Waals surface area contributed by atoms with Crippen LogP contribution in [0, 0.1) is 17.8 Å². The molecule has 6 amide bonds. The second kappa shape index (κ2) is 20.6. The molecule has 3 unspecified atom stereocenters. The lowest BCUT2D eigenvalue weighted by Gasteiger charge is -2.45. The van der Waals surface area contributed by atoms with E-state index in [1.54, 1.807) is 58.0 Å². The molecule has 8 N–H and O–H groups in total. The maximum Gasteiger partial charge on any atom is 0.328 e. The van der Waals surface area contributed by atoms with Gasteiger partial charge in [-0.15, -0.1) is 0 Å². The van der Waals surface area contributed by atoms with Crippen LogP contribution in [0.15, 0.2) is 30.3 Å². The van der Waals surface area contributed by atoms with Gasteiger partial charge in [0.1, 0.15) is 35.8 Å². The average Bonchev–Trinajstić information content (AvgIpc) is 3.66. The molecular formula is C37H58N6O10. The van der Waals surface area contributed by atoms with Crippen molar-refractivity contribution < 1.29 is 48.5 Å². The standard InChI is InChI=1S/C37H58N6O10/c1-20(2)29(35(51)53-8)42-36(52)37(21(3)4,43-33(49)26-16-12-13-17-26)30(46)27(18-25-14-10-9-11-15-25)41-32(48)23(6)38-31(47)22(5)39-34(50)28(19-44)40-24(7)45/h9-11,14-15,20-23,26-30,44,46H,12-13,16-19H2,1-8H3,(H,38,47)(H,39,50)(H,40,45)(H,41,48)(H,42,52)(H,43,49)/t22-,23-,27?,28-,29?,30?,37+/m0/s1. The first-order valence-electron chi connectivity index (χ1n) is 18.1. The topological polar surface area (TPSA) is 241 Å². The summed E-state index contributed by atoms with van der Waals surface area (Å²) in [5, 5.41) is 37.4. The van der Waals surface area contributed by atoms with E-state index in [2.05, 4.69) is 31.9 Å². The van der Waals surface area contributed by atoms with Crippen LogP contribution in [0.1, 0.15) is 79.7 Å². The highest BCUT2D eigenvalue weighted by Crippen LogP contribution is 2.31. The van der Waals surface area contributed by atoms with Crippen molar-refractivity contribution in [3.05, 3.63) is 35.9 Å². The minimum absolute atomic E-state index is 0.00176. The number of carbonyl (C=O) groups excluding carboxylic acids is 7. The molecule has 16 heteroatoms. The number of hydrogen-bond acceptors (Lipinski definition) is 10. The monoisotopic (exact) mass is 746 g/mol. The van der Waals surface area contributed by atoms with Gasteiger partial charge in [0, 0.05) is 12.8 Å².